The summed E-state index contributed by atoms with van der Waals surface area (Å²) in [6.45, 7) is 15.4. The van der Waals surface area contributed by atoms with Gasteiger partial charge in [-0.1, -0.05) is 50.8 Å². The molecule has 0 spiro atoms. The number of anilines is 1. The van der Waals surface area contributed by atoms with Gasteiger partial charge in [-0.3, -0.25) is 14.4 Å². The molecule has 2 aliphatic heterocycles. The maximum atomic E-state index is 13.2. The lowest BCUT2D eigenvalue weighted by molar-refractivity contribution is 0.00860. The Kier molecular flexibility index (Phi) is 12.9. The number of fused-ring (bicyclic) bond motifs is 1. The average molecular weight is 672 g/mol. The number of carbonyl (C=O) groups is 1. The van der Waals surface area contributed by atoms with Crippen LogP contribution in [0.5, 0.6) is 5.75 Å². The lowest BCUT2D eigenvalue weighted by Gasteiger charge is -2.46. The van der Waals surface area contributed by atoms with E-state index in [-0.39, 0.29) is 17.1 Å². The van der Waals surface area contributed by atoms with E-state index < -0.39 is 11.0 Å². The van der Waals surface area contributed by atoms with Gasteiger partial charge in [-0.2, -0.15) is 0 Å². The van der Waals surface area contributed by atoms with Crippen molar-refractivity contribution in [1.29, 1.82) is 0 Å². The molecular formula is C37H54ClN3O4S. The van der Waals surface area contributed by atoms with Crippen molar-refractivity contribution in [1.82, 2.24) is 9.62 Å². The van der Waals surface area contributed by atoms with Crippen molar-refractivity contribution in [2.45, 2.75) is 83.8 Å². The van der Waals surface area contributed by atoms with Crippen molar-refractivity contribution in [2.24, 2.45) is 17.8 Å². The molecule has 254 valence electrons. The van der Waals surface area contributed by atoms with Gasteiger partial charge in [0.05, 0.1) is 25.5 Å². The van der Waals surface area contributed by atoms with E-state index in [1.165, 1.54) is 43.2 Å². The van der Waals surface area contributed by atoms with Crippen LogP contribution in [0.3, 0.4) is 0 Å². The zero-order chi connectivity index (χ0) is 32.6. The van der Waals surface area contributed by atoms with Gasteiger partial charge in [0.25, 0.3) is 5.91 Å². The number of ether oxygens (including phenoxy) is 2. The van der Waals surface area contributed by atoms with Crippen LogP contribution >= 0.6 is 11.6 Å². The number of benzene rings is 2. The van der Waals surface area contributed by atoms with E-state index in [1.807, 2.05) is 32.0 Å². The number of hydrogen-bond donors (Lipinski definition) is 1. The predicted octanol–water partition coefficient (Wildman–Crippen LogP) is 7.24. The molecular weight excluding hydrogens is 618 g/mol. The molecule has 1 amide bonds. The molecule has 9 heteroatoms. The van der Waals surface area contributed by atoms with Crippen molar-refractivity contribution in [3.05, 3.63) is 58.1 Å². The zero-order valence-electron chi connectivity index (χ0n) is 28.3. The minimum Gasteiger partial charge on any atom is -0.491 e. The molecule has 2 aromatic carbocycles. The fraction of sp³-hybridized carbons (Fsp3) is 0.649. The first-order valence-corrected chi connectivity index (χ1v) is 19.2. The SMILES string of the molecule is CCCCC(CN1CCOCC1)C1CCC1CN1CC(c2ccc(Cl)cc2CCC)COc2ccc(C(=O)NS(=O)C(C)C)cc21. The summed E-state index contributed by atoms with van der Waals surface area (Å²) in [5, 5.41) is 0.614. The van der Waals surface area contributed by atoms with Crippen LogP contribution in [0.25, 0.3) is 0 Å². The van der Waals surface area contributed by atoms with Gasteiger partial charge >= 0.3 is 0 Å². The van der Waals surface area contributed by atoms with Crippen LogP contribution in [0.15, 0.2) is 36.4 Å². The summed E-state index contributed by atoms with van der Waals surface area (Å²) in [7, 11) is -1.44. The Morgan fingerprint density at radius 2 is 1.89 bits per heavy atom. The molecule has 1 saturated carbocycles. The van der Waals surface area contributed by atoms with E-state index >= 15 is 0 Å². The molecule has 7 nitrogen and oxygen atoms in total. The van der Waals surface area contributed by atoms with Crippen LogP contribution in [-0.2, 0) is 22.1 Å². The third-order valence-electron chi connectivity index (χ3n) is 10.2. The standard InChI is InChI=1S/C37H54ClN3O4S/c1-5-7-9-29(22-40-16-18-44-19-17-40)34-13-10-30(34)23-41-24-31(33-14-12-32(38)20-27(33)8-6-2)25-45-36-15-11-28(21-35(36)41)37(42)39-46(43)26(3)4/h11-12,14-15,20-21,26,29-31,34H,5-10,13,16-19,22-25H2,1-4H3,(H,39,42). The molecule has 1 N–H and O–H groups in total. The van der Waals surface area contributed by atoms with Crippen LogP contribution in [-0.4, -0.2) is 72.8 Å². The molecule has 2 aromatic rings. The Bertz CT molecular complexity index is 1330. The quantitative estimate of drug-likeness (QED) is 0.228. The number of unbranched alkanes of at least 4 members (excludes halogenated alkanes) is 1. The molecule has 46 heavy (non-hydrogen) atoms. The Hall–Kier alpha value is -2.13. The first-order chi connectivity index (χ1) is 22.3. The molecule has 3 aliphatic rings. The molecule has 2 fully saturated rings. The number of halogens is 1. The summed E-state index contributed by atoms with van der Waals surface area (Å²) in [6.07, 6.45) is 8.31. The van der Waals surface area contributed by atoms with Gasteiger partial charge in [-0.05, 0) is 98.7 Å². The maximum absolute atomic E-state index is 13.2. The fourth-order valence-corrected chi connectivity index (χ4v) is 8.20. The summed E-state index contributed by atoms with van der Waals surface area (Å²) >= 11 is 6.46. The summed E-state index contributed by atoms with van der Waals surface area (Å²) < 4.78 is 27.4. The van der Waals surface area contributed by atoms with Gasteiger partial charge in [-0.25, -0.2) is 4.21 Å². The highest BCUT2D eigenvalue weighted by Gasteiger charge is 2.39. The van der Waals surface area contributed by atoms with Crippen LogP contribution in [0.1, 0.15) is 93.6 Å². The second kappa shape index (κ2) is 16.8. The summed E-state index contributed by atoms with van der Waals surface area (Å²) in [5.41, 5.74) is 4.06. The summed E-state index contributed by atoms with van der Waals surface area (Å²) in [4.78, 5) is 18.3. The highest BCUT2D eigenvalue weighted by Crippen LogP contribution is 2.45. The third kappa shape index (κ3) is 8.86. The number of aryl methyl sites for hydroxylation is 1. The predicted molar refractivity (Wildman–Crippen MR) is 190 cm³/mol. The van der Waals surface area contributed by atoms with E-state index in [4.69, 9.17) is 21.1 Å². The van der Waals surface area contributed by atoms with Gasteiger partial charge in [0.2, 0.25) is 0 Å². The van der Waals surface area contributed by atoms with Crippen molar-refractivity contribution < 1.29 is 18.5 Å². The minimum absolute atomic E-state index is 0.157. The van der Waals surface area contributed by atoms with Gasteiger partial charge in [-0.15, -0.1) is 0 Å². The second-order valence-corrected chi connectivity index (χ2v) is 16.0. The first kappa shape index (κ1) is 35.2. The van der Waals surface area contributed by atoms with Crippen molar-refractivity contribution in [3.63, 3.8) is 0 Å². The summed E-state index contributed by atoms with van der Waals surface area (Å²) in [5.74, 6) is 2.62. The van der Waals surface area contributed by atoms with Crippen molar-refractivity contribution in [2.75, 3.05) is 57.4 Å². The molecule has 5 atom stereocenters. The molecule has 5 unspecified atom stereocenters. The van der Waals surface area contributed by atoms with Crippen LogP contribution in [0.2, 0.25) is 5.02 Å². The number of nitrogens with one attached hydrogen (secondary N) is 1. The number of rotatable bonds is 14. The summed E-state index contributed by atoms with van der Waals surface area (Å²) in [6, 6.07) is 12.0. The maximum Gasteiger partial charge on any atom is 0.263 e. The molecule has 2 heterocycles. The number of morpholine rings is 1. The highest BCUT2D eigenvalue weighted by atomic mass is 35.5. The van der Waals surface area contributed by atoms with E-state index in [1.54, 1.807) is 6.07 Å². The second-order valence-electron chi connectivity index (χ2n) is 13.8. The Morgan fingerprint density at radius 3 is 2.59 bits per heavy atom. The van der Waals surface area contributed by atoms with E-state index in [9.17, 15) is 9.00 Å². The molecule has 0 aromatic heterocycles. The number of amides is 1. The Morgan fingerprint density at radius 1 is 1.09 bits per heavy atom. The first-order valence-electron chi connectivity index (χ1n) is 17.6. The van der Waals surface area contributed by atoms with Gasteiger partial charge in [0.1, 0.15) is 16.7 Å². The molecule has 1 aliphatic carbocycles. The van der Waals surface area contributed by atoms with Crippen LogP contribution in [0, 0.1) is 17.8 Å². The van der Waals surface area contributed by atoms with E-state index in [2.05, 4.69) is 40.5 Å². The van der Waals surface area contributed by atoms with Gasteiger partial charge in [0, 0.05) is 54.5 Å². The lowest BCUT2D eigenvalue weighted by Crippen LogP contribution is -2.47. The zero-order valence-corrected chi connectivity index (χ0v) is 29.8. The Labute approximate surface area is 284 Å². The highest BCUT2D eigenvalue weighted by molar-refractivity contribution is 7.84. The normalized spacial score (nSPS) is 23.2. The molecule has 5 rings (SSSR count). The van der Waals surface area contributed by atoms with Crippen LogP contribution < -0.4 is 14.4 Å². The number of carbonyl (C=O) groups excluding carboxylic acids is 1. The van der Waals surface area contributed by atoms with Crippen molar-refractivity contribution in [3.8, 4) is 5.75 Å². The number of hydrogen-bond acceptors (Lipinski definition) is 6. The fourth-order valence-electron chi connectivity index (χ4n) is 7.47. The van der Waals surface area contributed by atoms with E-state index in [0.29, 0.717) is 29.9 Å². The molecule has 1 saturated heterocycles. The lowest BCUT2D eigenvalue weighted by atomic mass is 9.65. The van der Waals surface area contributed by atoms with Gasteiger partial charge in [0.15, 0.2) is 0 Å². The average Bonchev–Trinajstić information content (AvgIpc) is 3.21. The molecule has 0 bridgehead atoms. The largest absolute Gasteiger partial charge is 0.491 e. The smallest absolute Gasteiger partial charge is 0.263 e. The number of nitrogens with zero attached hydrogens (tertiary/aromatic N) is 2. The van der Waals surface area contributed by atoms with E-state index in [0.717, 1.165) is 75.2 Å². The van der Waals surface area contributed by atoms with Crippen LogP contribution in [0.4, 0.5) is 5.69 Å². The Balaban J connectivity index is 1.43. The minimum atomic E-state index is -1.44. The molecule has 0 radical (unpaired) electrons. The third-order valence-corrected chi connectivity index (χ3v) is 11.7. The monoisotopic (exact) mass is 671 g/mol. The topological polar surface area (TPSA) is 71.1 Å². The van der Waals surface area contributed by atoms with Crippen molar-refractivity contribution >= 4 is 34.2 Å². The van der Waals surface area contributed by atoms with Gasteiger partial charge < -0.3 is 14.4 Å².